The van der Waals surface area contributed by atoms with Gasteiger partial charge >= 0.3 is 0 Å². The van der Waals surface area contributed by atoms with Gasteiger partial charge in [-0.15, -0.1) is 12.4 Å². The van der Waals surface area contributed by atoms with Gasteiger partial charge in [0.15, 0.2) is 0 Å². The highest BCUT2D eigenvalue weighted by Gasteiger charge is 2.12. The molecule has 0 aromatic heterocycles. The van der Waals surface area contributed by atoms with Crippen LogP contribution in [0.5, 0.6) is 0 Å². The average molecular weight is 152 g/mol. The molecule has 1 aliphatic heterocycles. The number of hydrogen-bond acceptors (Lipinski definition) is 2. The maximum atomic E-state index is 8.86. The zero-order valence-electron chi connectivity index (χ0n) is 5.71. The van der Waals surface area contributed by atoms with Crippen LogP contribution in [0.25, 0.3) is 0 Å². The predicted molar refractivity (Wildman–Crippen MR) is 39.0 cm³/mol. The van der Waals surface area contributed by atoms with Crippen LogP contribution in [0.3, 0.4) is 0 Å². The van der Waals surface area contributed by atoms with E-state index in [9.17, 15) is 0 Å². The largest absolute Gasteiger partial charge is 0.314 e. The van der Waals surface area contributed by atoms with E-state index in [0.29, 0.717) is 0 Å². The third kappa shape index (κ3) is 3.04. The standard InChI is InChI=1S/C6H13NO.ClH/c1-6-2-4-7(8)5-3-6;/h6,8H,2-5H2,1H3;1H. The maximum Gasteiger partial charge on any atom is 0.0240 e. The summed E-state index contributed by atoms with van der Waals surface area (Å²) in [6.07, 6.45) is 2.30. The van der Waals surface area contributed by atoms with Crippen molar-refractivity contribution in [3.05, 3.63) is 0 Å². The molecule has 0 aromatic carbocycles. The lowest BCUT2D eigenvalue weighted by molar-refractivity contribution is -0.110. The first-order valence-electron chi connectivity index (χ1n) is 3.23. The van der Waals surface area contributed by atoms with Crippen molar-refractivity contribution in [2.45, 2.75) is 19.8 Å². The Labute approximate surface area is 62.2 Å². The van der Waals surface area contributed by atoms with E-state index in [1.165, 1.54) is 5.06 Å². The molecule has 0 amide bonds. The highest BCUT2D eigenvalue weighted by atomic mass is 35.5. The number of hydrogen-bond donors (Lipinski definition) is 1. The summed E-state index contributed by atoms with van der Waals surface area (Å²) in [4.78, 5) is 0. The minimum absolute atomic E-state index is 0. The lowest BCUT2D eigenvalue weighted by atomic mass is 10.0. The van der Waals surface area contributed by atoms with Crippen LogP contribution in [-0.2, 0) is 0 Å². The van der Waals surface area contributed by atoms with Crippen LogP contribution in [0.2, 0.25) is 0 Å². The SMILES string of the molecule is CC1CCN(O)CC1.Cl. The van der Waals surface area contributed by atoms with Gasteiger partial charge in [0.05, 0.1) is 0 Å². The van der Waals surface area contributed by atoms with E-state index in [0.717, 1.165) is 31.8 Å². The molecular weight excluding hydrogens is 138 g/mol. The van der Waals surface area contributed by atoms with Crippen LogP contribution < -0.4 is 0 Å². The third-order valence-corrected chi connectivity index (χ3v) is 1.76. The van der Waals surface area contributed by atoms with E-state index in [2.05, 4.69) is 6.92 Å². The molecule has 2 nitrogen and oxygen atoms in total. The van der Waals surface area contributed by atoms with Crippen LogP contribution in [-0.4, -0.2) is 23.4 Å². The van der Waals surface area contributed by atoms with Gasteiger partial charge in [0.1, 0.15) is 0 Å². The fraction of sp³-hybridized carbons (Fsp3) is 1.00. The van der Waals surface area contributed by atoms with Crippen molar-refractivity contribution in [1.82, 2.24) is 5.06 Å². The Morgan fingerprint density at radius 1 is 1.33 bits per heavy atom. The summed E-state index contributed by atoms with van der Waals surface area (Å²) in [5.41, 5.74) is 0. The third-order valence-electron chi connectivity index (χ3n) is 1.76. The highest BCUT2D eigenvalue weighted by molar-refractivity contribution is 5.85. The Morgan fingerprint density at radius 2 is 1.78 bits per heavy atom. The van der Waals surface area contributed by atoms with Crippen molar-refractivity contribution in [3.8, 4) is 0 Å². The van der Waals surface area contributed by atoms with Crippen LogP contribution >= 0.6 is 12.4 Å². The van der Waals surface area contributed by atoms with Gasteiger partial charge < -0.3 is 5.21 Å². The Bertz CT molecular complexity index is 61.5. The lowest BCUT2D eigenvalue weighted by Gasteiger charge is -2.24. The van der Waals surface area contributed by atoms with Crippen molar-refractivity contribution in [2.75, 3.05) is 13.1 Å². The summed E-state index contributed by atoms with van der Waals surface area (Å²) in [7, 11) is 0. The van der Waals surface area contributed by atoms with Crippen molar-refractivity contribution >= 4 is 12.4 Å². The number of rotatable bonds is 0. The first-order valence-corrected chi connectivity index (χ1v) is 3.23. The van der Waals surface area contributed by atoms with E-state index in [-0.39, 0.29) is 12.4 Å². The normalized spacial score (nSPS) is 23.3. The summed E-state index contributed by atoms with van der Waals surface area (Å²) in [5.74, 6) is 0.818. The molecule has 0 aromatic rings. The van der Waals surface area contributed by atoms with E-state index in [1.807, 2.05) is 0 Å². The molecule has 0 atom stereocenters. The minimum atomic E-state index is 0. The number of nitrogens with zero attached hydrogens (tertiary/aromatic N) is 1. The molecule has 1 aliphatic rings. The quantitative estimate of drug-likeness (QED) is 0.568. The van der Waals surface area contributed by atoms with Crippen molar-refractivity contribution < 1.29 is 5.21 Å². The van der Waals surface area contributed by atoms with E-state index in [1.54, 1.807) is 0 Å². The molecule has 0 radical (unpaired) electrons. The summed E-state index contributed by atoms with van der Waals surface area (Å²) in [6.45, 7) is 3.95. The topological polar surface area (TPSA) is 23.5 Å². The predicted octanol–water partition coefficient (Wildman–Crippen LogP) is 1.53. The molecule has 3 heteroatoms. The summed E-state index contributed by atoms with van der Waals surface area (Å²) < 4.78 is 0. The van der Waals surface area contributed by atoms with Crippen molar-refractivity contribution in [3.63, 3.8) is 0 Å². The molecule has 56 valence electrons. The minimum Gasteiger partial charge on any atom is -0.314 e. The molecule has 1 heterocycles. The smallest absolute Gasteiger partial charge is 0.0240 e. The fourth-order valence-corrected chi connectivity index (χ4v) is 0.995. The highest BCUT2D eigenvalue weighted by Crippen LogP contribution is 2.13. The van der Waals surface area contributed by atoms with Gasteiger partial charge in [0.25, 0.3) is 0 Å². The Hall–Kier alpha value is 0.210. The number of hydroxylamine groups is 2. The molecule has 0 bridgehead atoms. The summed E-state index contributed by atoms with van der Waals surface area (Å²) >= 11 is 0. The molecule has 1 N–H and O–H groups in total. The van der Waals surface area contributed by atoms with Crippen LogP contribution in [0, 0.1) is 5.92 Å². The number of piperidine rings is 1. The number of halogens is 1. The molecule has 0 unspecified atom stereocenters. The summed E-state index contributed by atoms with van der Waals surface area (Å²) in [5, 5.41) is 10.3. The second-order valence-electron chi connectivity index (χ2n) is 2.64. The lowest BCUT2D eigenvalue weighted by Crippen LogP contribution is -2.29. The Kier molecular flexibility index (Phi) is 4.19. The zero-order chi connectivity index (χ0) is 5.98. The van der Waals surface area contributed by atoms with Gasteiger partial charge in [-0.1, -0.05) is 6.92 Å². The second-order valence-corrected chi connectivity index (χ2v) is 2.64. The second kappa shape index (κ2) is 4.09. The first kappa shape index (κ1) is 9.21. The monoisotopic (exact) mass is 151 g/mol. The Morgan fingerprint density at radius 3 is 2.11 bits per heavy atom. The van der Waals surface area contributed by atoms with Gasteiger partial charge in [0.2, 0.25) is 0 Å². The van der Waals surface area contributed by atoms with E-state index < -0.39 is 0 Å². The average Bonchev–Trinajstić information content (AvgIpc) is 1.77. The van der Waals surface area contributed by atoms with Gasteiger partial charge in [-0.05, 0) is 18.8 Å². The van der Waals surface area contributed by atoms with Crippen LogP contribution in [0.1, 0.15) is 19.8 Å². The van der Waals surface area contributed by atoms with E-state index >= 15 is 0 Å². The van der Waals surface area contributed by atoms with Gasteiger partial charge in [-0.2, -0.15) is 5.06 Å². The molecule has 0 aliphatic carbocycles. The zero-order valence-corrected chi connectivity index (χ0v) is 6.52. The molecule has 1 fully saturated rings. The first-order chi connectivity index (χ1) is 3.79. The molecular formula is C6H14ClNO. The summed E-state index contributed by atoms with van der Waals surface area (Å²) in [6, 6.07) is 0. The Balaban J connectivity index is 0.000000640. The van der Waals surface area contributed by atoms with Crippen LogP contribution in [0.4, 0.5) is 0 Å². The molecule has 9 heavy (non-hydrogen) atoms. The van der Waals surface area contributed by atoms with Gasteiger partial charge in [-0.3, -0.25) is 0 Å². The van der Waals surface area contributed by atoms with Crippen molar-refractivity contribution in [2.24, 2.45) is 5.92 Å². The fourth-order valence-electron chi connectivity index (χ4n) is 0.995. The molecule has 1 rings (SSSR count). The van der Waals surface area contributed by atoms with E-state index in [4.69, 9.17) is 5.21 Å². The van der Waals surface area contributed by atoms with Gasteiger partial charge in [0, 0.05) is 13.1 Å². The molecule has 0 saturated carbocycles. The van der Waals surface area contributed by atoms with Gasteiger partial charge in [-0.25, -0.2) is 0 Å². The van der Waals surface area contributed by atoms with Crippen LogP contribution in [0.15, 0.2) is 0 Å². The molecule has 0 spiro atoms. The van der Waals surface area contributed by atoms with Crippen molar-refractivity contribution in [1.29, 1.82) is 0 Å². The maximum absolute atomic E-state index is 8.86. The molecule has 1 saturated heterocycles.